The topological polar surface area (TPSA) is 69.5 Å². The van der Waals surface area contributed by atoms with Gasteiger partial charge in [-0.15, -0.1) is 0 Å². The van der Waals surface area contributed by atoms with E-state index < -0.39 is 0 Å². The van der Waals surface area contributed by atoms with E-state index in [0.717, 1.165) is 40.1 Å². The molecule has 3 aromatic rings. The van der Waals surface area contributed by atoms with Gasteiger partial charge >= 0.3 is 0 Å². The molecule has 0 spiro atoms. The van der Waals surface area contributed by atoms with Gasteiger partial charge in [-0.1, -0.05) is 24.3 Å². The van der Waals surface area contributed by atoms with E-state index in [1.54, 1.807) is 19.2 Å². The van der Waals surface area contributed by atoms with Gasteiger partial charge < -0.3 is 14.5 Å². The monoisotopic (exact) mass is 386 g/mol. The largest absolute Gasteiger partial charge is 0.494 e. The van der Waals surface area contributed by atoms with Crippen molar-refractivity contribution in [2.24, 2.45) is 0 Å². The molecule has 0 aliphatic carbocycles. The minimum atomic E-state index is 0.0890. The highest BCUT2D eigenvalue weighted by Gasteiger charge is 2.26. The Morgan fingerprint density at radius 3 is 2.66 bits per heavy atom. The Balaban J connectivity index is 1.55. The summed E-state index contributed by atoms with van der Waals surface area (Å²) in [5.74, 6) is 0.823. The van der Waals surface area contributed by atoms with Crippen molar-refractivity contribution in [1.29, 1.82) is 5.26 Å². The molecule has 6 heteroatoms. The fourth-order valence-corrected chi connectivity index (χ4v) is 3.74. The number of aryl methyl sites for hydroxylation is 1. The van der Waals surface area contributed by atoms with E-state index in [4.69, 9.17) is 10.00 Å². The van der Waals surface area contributed by atoms with Gasteiger partial charge in [0.05, 0.1) is 25.3 Å². The Kier molecular flexibility index (Phi) is 5.05. The summed E-state index contributed by atoms with van der Waals surface area (Å²) in [6.45, 7) is 4.23. The third kappa shape index (κ3) is 3.72. The first kappa shape index (κ1) is 18.8. The summed E-state index contributed by atoms with van der Waals surface area (Å²) < 4.78 is 5.47. The van der Waals surface area contributed by atoms with Crippen molar-refractivity contribution < 1.29 is 9.53 Å². The van der Waals surface area contributed by atoms with E-state index in [1.165, 1.54) is 0 Å². The third-order valence-corrected chi connectivity index (χ3v) is 5.24. The number of pyridine rings is 1. The zero-order valence-corrected chi connectivity index (χ0v) is 16.6. The maximum Gasteiger partial charge on any atom is 0.242 e. The van der Waals surface area contributed by atoms with Gasteiger partial charge in [0, 0.05) is 36.4 Å². The minimum absolute atomic E-state index is 0.0890. The molecule has 0 N–H and O–H groups in total. The minimum Gasteiger partial charge on any atom is -0.494 e. The Labute approximate surface area is 169 Å². The number of rotatable bonds is 4. The molecule has 0 radical (unpaired) electrons. The molecule has 1 saturated heterocycles. The van der Waals surface area contributed by atoms with Gasteiger partial charge in [-0.2, -0.15) is 5.26 Å². The lowest BCUT2D eigenvalue weighted by molar-refractivity contribution is -0.131. The molecule has 0 saturated carbocycles. The Bertz CT molecular complexity index is 1100. The van der Waals surface area contributed by atoms with Crippen LogP contribution < -0.4 is 9.64 Å². The Morgan fingerprint density at radius 2 is 1.97 bits per heavy atom. The molecule has 0 atom stereocenters. The lowest BCUT2D eigenvalue weighted by atomic mass is 10.1. The average molecular weight is 386 g/mol. The second-order valence-corrected chi connectivity index (χ2v) is 7.18. The second-order valence-electron chi connectivity index (χ2n) is 7.18. The summed E-state index contributed by atoms with van der Waals surface area (Å²) >= 11 is 0. The van der Waals surface area contributed by atoms with Crippen molar-refractivity contribution in [1.82, 2.24) is 9.88 Å². The van der Waals surface area contributed by atoms with Crippen LogP contribution in [-0.4, -0.2) is 42.5 Å². The number of hydrogen-bond acceptors (Lipinski definition) is 5. The van der Waals surface area contributed by atoms with Gasteiger partial charge in [0.1, 0.15) is 11.3 Å². The van der Waals surface area contributed by atoms with Gasteiger partial charge in [0.2, 0.25) is 5.91 Å². The van der Waals surface area contributed by atoms with Crippen LogP contribution in [-0.2, 0) is 11.3 Å². The number of amides is 1. The van der Waals surface area contributed by atoms with Gasteiger partial charge in [0.15, 0.2) is 0 Å². The van der Waals surface area contributed by atoms with E-state index in [0.29, 0.717) is 25.2 Å². The fraction of sp³-hybridized carbons (Fsp3) is 0.261. The molecule has 2 aromatic carbocycles. The van der Waals surface area contributed by atoms with Crippen LogP contribution in [0.15, 0.2) is 48.5 Å². The van der Waals surface area contributed by atoms with Crippen LogP contribution in [0, 0.1) is 18.3 Å². The molecular formula is C23H22N4O2. The number of nitriles is 1. The fourth-order valence-electron chi connectivity index (χ4n) is 3.74. The highest BCUT2D eigenvalue weighted by atomic mass is 16.5. The van der Waals surface area contributed by atoms with Crippen LogP contribution >= 0.6 is 0 Å². The maximum absolute atomic E-state index is 12.8. The molecule has 2 heterocycles. The van der Waals surface area contributed by atoms with Crippen LogP contribution in [0.3, 0.4) is 0 Å². The van der Waals surface area contributed by atoms with Crippen molar-refractivity contribution in [3.63, 3.8) is 0 Å². The molecular weight excluding hydrogens is 364 g/mol. The number of ether oxygens (including phenoxy) is 1. The third-order valence-electron chi connectivity index (χ3n) is 5.24. The normalized spacial score (nSPS) is 14.2. The highest BCUT2D eigenvalue weighted by Crippen LogP contribution is 2.32. The molecule has 1 fully saturated rings. The number of fused-ring (bicyclic) bond motifs is 1. The highest BCUT2D eigenvalue weighted by molar-refractivity contribution is 5.97. The molecule has 6 nitrogen and oxygen atoms in total. The van der Waals surface area contributed by atoms with Crippen molar-refractivity contribution in [3.8, 4) is 11.8 Å². The molecule has 29 heavy (non-hydrogen) atoms. The number of piperazine rings is 1. The number of anilines is 1. The second kappa shape index (κ2) is 7.80. The molecule has 1 aliphatic rings. The molecule has 1 amide bonds. The quantitative estimate of drug-likeness (QED) is 0.688. The number of nitrogens with zero attached hydrogens (tertiary/aromatic N) is 4. The molecule has 0 bridgehead atoms. The molecule has 0 unspecified atom stereocenters. The smallest absolute Gasteiger partial charge is 0.242 e. The number of carbonyl (C=O) groups excluding carboxylic acids is 1. The van der Waals surface area contributed by atoms with Crippen LogP contribution in [0.2, 0.25) is 0 Å². The first-order valence-electron chi connectivity index (χ1n) is 9.55. The molecule has 1 aromatic heterocycles. The number of carbonyl (C=O) groups is 1. The van der Waals surface area contributed by atoms with Crippen molar-refractivity contribution >= 4 is 22.5 Å². The van der Waals surface area contributed by atoms with Crippen molar-refractivity contribution in [3.05, 3.63) is 65.4 Å². The zero-order chi connectivity index (χ0) is 20.4. The van der Waals surface area contributed by atoms with Crippen LogP contribution in [0.1, 0.15) is 16.8 Å². The van der Waals surface area contributed by atoms with Crippen LogP contribution in [0.5, 0.6) is 5.75 Å². The SMILES string of the molecule is COc1cccc2c(N3CCN(Cc4ccc(C#N)cc4)C(=O)C3)cc(C)nc12. The summed E-state index contributed by atoms with van der Waals surface area (Å²) in [6.07, 6.45) is 0. The lowest BCUT2D eigenvalue weighted by Crippen LogP contribution is -2.50. The van der Waals surface area contributed by atoms with E-state index in [9.17, 15) is 4.79 Å². The van der Waals surface area contributed by atoms with Crippen LogP contribution in [0.4, 0.5) is 5.69 Å². The zero-order valence-electron chi connectivity index (χ0n) is 16.6. The first-order valence-corrected chi connectivity index (χ1v) is 9.55. The first-order chi connectivity index (χ1) is 14.1. The summed E-state index contributed by atoms with van der Waals surface area (Å²) in [4.78, 5) is 21.5. The maximum atomic E-state index is 12.8. The molecule has 1 aliphatic heterocycles. The van der Waals surface area contributed by atoms with Crippen molar-refractivity contribution in [2.75, 3.05) is 31.6 Å². The van der Waals surface area contributed by atoms with Gasteiger partial charge in [-0.3, -0.25) is 4.79 Å². The number of methoxy groups -OCH3 is 1. The van der Waals surface area contributed by atoms with Gasteiger partial charge in [-0.25, -0.2) is 4.98 Å². The molecule has 146 valence electrons. The molecule has 4 rings (SSSR count). The van der Waals surface area contributed by atoms with E-state index in [2.05, 4.69) is 16.0 Å². The van der Waals surface area contributed by atoms with E-state index >= 15 is 0 Å². The standard InChI is InChI=1S/C23H22N4O2/c1-16-12-20(19-4-3-5-21(29-2)23(19)25-16)26-10-11-27(22(28)15-26)14-18-8-6-17(13-24)7-9-18/h3-9,12H,10-11,14-15H2,1-2H3. The van der Waals surface area contributed by atoms with E-state index in [-0.39, 0.29) is 5.91 Å². The number of benzene rings is 2. The summed E-state index contributed by atoms with van der Waals surface area (Å²) in [6, 6.07) is 17.4. The Hall–Kier alpha value is -3.59. The summed E-state index contributed by atoms with van der Waals surface area (Å²) in [5.41, 5.74) is 4.38. The average Bonchev–Trinajstić information content (AvgIpc) is 2.74. The number of hydrogen-bond donors (Lipinski definition) is 0. The lowest BCUT2D eigenvalue weighted by Gasteiger charge is -2.36. The summed E-state index contributed by atoms with van der Waals surface area (Å²) in [7, 11) is 1.64. The number of para-hydroxylation sites is 1. The Morgan fingerprint density at radius 1 is 1.17 bits per heavy atom. The predicted molar refractivity (Wildman–Crippen MR) is 112 cm³/mol. The summed E-state index contributed by atoms with van der Waals surface area (Å²) in [5, 5.41) is 9.91. The van der Waals surface area contributed by atoms with Gasteiger partial charge in [-0.05, 0) is 36.8 Å². The van der Waals surface area contributed by atoms with E-state index in [1.807, 2.05) is 48.2 Å². The number of aromatic nitrogens is 1. The van der Waals surface area contributed by atoms with Crippen LogP contribution in [0.25, 0.3) is 10.9 Å². The van der Waals surface area contributed by atoms with Crippen molar-refractivity contribution in [2.45, 2.75) is 13.5 Å². The predicted octanol–water partition coefficient (Wildman–Crippen LogP) is 3.27. The van der Waals surface area contributed by atoms with Gasteiger partial charge in [0.25, 0.3) is 0 Å².